The van der Waals surface area contributed by atoms with Crippen molar-refractivity contribution >= 4 is 22.5 Å². The van der Waals surface area contributed by atoms with E-state index in [1.54, 1.807) is 18.6 Å². The minimum absolute atomic E-state index is 0.399. The molecule has 0 saturated carbocycles. The summed E-state index contributed by atoms with van der Waals surface area (Å²) in [6.07, 6.45) is 9.00. The van der Waals surface area contributed by atoms with Crippen molar-refractivity contribution in [2.45, 2.75) is 13.2 Å². The number of hydrogen-bond acceptors (Lipinski definition) is 8. The highest BCUT2D eigenvalue weighted by Crippen LogP contribution is 2.34. The monoisotopic (exact) mass is 493 g/mol. The molecule has 0 amide bonds. The molecule has 5 aromatic rings. The summed E-state index contributed by atoms with van der Waals surface area (Å²) in [5.74, 6) is 1.25. The van der Waals surface area contributed by atoms with Crippen molar-refractivity contribution < 1.29 is 9.47 Å². The van der Waals surface area contributed by atoms with Gasteiger partial charge in [-0.25, -0.2) is 9.97 Å². The van der Waals surface area contributed by atoms with E-state index in [1.807, 2.05) is 42.7 Å². The Morgan fingerprint density at radius 1 is 1.00 bits per heavy atom. The van der Waals surface area contributed by atoms with Crippen LogP contribution in [0.2, 0.25) is 0 Å². The lowest BCUT2D eigenvalue weighted by Gasteiger charge is -2.26. The SMILES string of the molecule is c1cncc(COc2cc3nc(Nc4cccc(CN5CCOCC5)c4)ncc3cc2-c2cn[nH]c2)c1. The van der Waals surface area contributed by atoms with Crippen molar-refractivity contribution in [3.63, 3.8) is 0 Å². The van der Waals surface area contributed by atoms with Crippen LogP contribution in [0.25, 0.3) is 22.0 Å². The molecule has 186 valence electrons. The number of ether oxygens (including phenoxy) is 2. The molecule has 0 spiro atoms. The molecule has 1 fully saturated rings. The molecule has 1 aliphatic rings. The summed E-state index contributed by atoms with van der Waals surface area (Å²) >= 11 is 0. The first kappa shape index (κ1) is 23.1. The third-order valence-electron chi connectivity index (χ3n) is 6.30. The van der Waals surface area contributed by atoms with E-state index in [9.17, 15) is 0 Å². The van der Waals surface area contributed by atoms with Crippen molar-refractivity contribution in [2.75, 3.05) is 31.6 Å². The maximum Gasteiger partial charge on any atom is 0.227 e. The van der Waals surface area contributed by atoms with Crippen LogP contribution in [-0.4, -0.2) is 56.4 Å². The fourth-order valence-corrected chi connectivity index (χ4v) is 4.40. The Balaban J connectivity index is 1.25. The molecule has 0 aliphatic carbocycles. The van der Waals surface area contributed by atoms with E-state index >= 15 is 0 Å². The number of aromatic nitrogens is 5. The van der Waals surface area contributed by atoms with Gasteiger partial charge in [-0.15, -0.1) is 0 Å². The zero-order chi connectivity index (χ0) is 24.9. The van der Waals surface area contributed by atoms with E-state index < -0.39 is 0 Å². The molecule has 37 heavy (non-hydrogen) atoms. The molecule has 4 heterocycles. The average molecular weight is 494 g/mol. The van der Waals surface area contributed by atoms with Gasteiger partial charge in [-0.3, -0.25) is 15.0 Å². The third-order valence-corrected chi connectivity index (χ3v) is 6.30. The first-order valence-electron chi connectivity index (χ1n) is 12.3. The van der Waals surface area contributed by atoms with Crippen LogP contribution >= 0.6 is 0 Å². The summed E-state index contributed by atoms with van der Waals surface area (Å²) in [5, 5.41) is 11.3. The van der Waals surface area contributed by atoms with E-state index in [1.165, 1.54) is 5.56 Å². The number of anilines is 2. The Morgan fingerprint density at radius 2 is 1.92 bits per heavy atom. The third kappa shape index (κ3) is 5.58. The molecule has 1 aliphatic heterocycles. The fraction of sp³-hybridized carbons (Fsp3) is 0.214. The molecule has 0 bridgehead atoms. The van der Waals surface area contributed by atoms with Crippen LogP contribution in [0.5, 0.6) is 5.75 Å². The number of morpholine rings is 1. The first-order chi connectivity index (χ1) is 18.3. The van der Waals surface area contributed by atoms with Crippen LogP contribution in [0.3, 0.4) is 0 Å². The van der Waals surface area contributed by atoms with Crippen LogP contribution in [0.4, 0.5) is 11.6 Å². The van der Waals surface area contributed by atoms with Crippen LogP contribution in [0.15, 0.2) is 79.5 Å². The lowest BCUT2D eigenvalue weighted by Crippen LogP contribution is -2.35. The number of rotatable bonds is 8. The molecule has 0 radical (unpaired) electrons. The molecule has 6 rings (SSSR count). The number of hydrogen-bond donors (Lipinski definition) is 2. The van der Waals surface area contributed by atoms with Gasteiger partial charge in [-0.1, -0.05) is 18.2 Å². The summed E-state index contributed by atoms with van der Waals surface area (Å²) in [4.78, 5) is 15.9. The van der Waals surface area contributed by atoms with Crippen LogP contribution in [-0.2, 0) is 17.9 Å². The number of aromatic amines is 1. The summed E-state index contributed by atoms with van der Waals surface area (Å²) < 4.78 is 11.7. The highest BCUT2D eigenvalue weighted by molar-refractivity contribution is 5.88. The summed E-state index contributed by atoms with van der Waals surface area (Å²) in [7, 11) is 0. The smallest absolute Gasteiger partial charge is 0.227 e. The van der Waals surface area contributed by atoms with E-state index in [4.69, 9.17) is 14.5 Å². The zero-order valence-electron chi connectivity index (χ0n) is 20.3. The normalized spacial score (nSPS) is 14.1. The van der Waals surface area contributed by atoms with Gasteiger partial charge in [0, 0.05) is 78.3 Å². The van der Waals surface area contributed by atoms with Gasteiger partial charge < -0.3 is 14.8 Å². The number of benzene rings is 2. The number of H-pyrrole nitrogens is 1. The van der Waals surface area contributed by atoms with Crippen molar-refractivity contribution in [2.24, 2.45) is 0 Å². The van der Waals surface area contributed by atoms with Gasteiger partial charge in [0.2, 0.25) is 5.95 Å². The Kier molecular flexibility index (Phi) is 6.70. The van der Waals surface area contributed by atoms with Crippen molar-refractivity contribution in [1.82, 2.24) is 30.0 Å². The van der Waals surface area contributed by atoms with Gasteiger partial charge in [0.1, 0.15) is 12.4 Å². The van der Waals surface area contributed by atoms with Gasteiger partial charge in [0.25, 0.3) is 0 Å². The van der Waals surface area contributed by atoms with E-state index in [-0.39, 0.29) is 0 Å². The number of fused-ring (bicyclic) bond motifs is 1. The molecule has 0 unspecified atom stereocenters. The van der Waals surface area contributed by atoms with Crippen LogP contribution < -0.4 is 10.1 Å². The number of pyridine rings is 1. The van der Waals surface area contributed by atoms with Gasteiger partial charge >= 0.3 is 0 Å². The highest BCUT2D eigenvalue weighted by atomic mass is 16.5. The molecule has 3 aromatic heterocycles. The molecule has 9 nitrogen and oxygen atoms in total. The minimum atomic E-state index is 0.399. The van der Waals surface area contributed by atoms with Crippen LogP contribution in [0.1, 0.15) is 11.1 Å². The van der Waals surface area contributed by atoms with Crippen molar-refractivity contribution in [3.8, 4) is 16.9 Å². The molecule has 2 aromatic carbocycles. The topological polar surface area (TPSA) is 101 Å². The first-order valence-corrected chi connectivity index (χ1v) is 12.3. The lowest BCUT2D eigenvalue weighted by molar-refractivity contribution is 0.0342. The summed E-state index contributed by atoms with van der Waals surface area (Å²) in [6.45, 7) is 4.79. The summed E-state index contributed by atoms with van der Waals surface area (Å²) in [5.41, 5.74) is 5.82. The minimum Gasteiger partial charge on any atom is -0.488 e. The Bertz CT molecular complexity index is 1470. The Morgan fingerprint density at radius 3 is 2.76 bits per heavy atom. The van der Waals surface area contributed by atoms with Gasteiger partial charge in [-0.05, 0) is 29.8 Å². The van der Waals surface area contributed by atoms with Crippen LogP contribution in [0, 0.1) is 0 Å². The van der Waals surface area contributed by atoms with Crippen molar-refractivity contribution in [1.29, 1.82) is 0 Å². The number of nitrogens with one attached hydrogen (secondary N) is 2. The fourth-order valence-electron chi connectivity index (χ4n) is 4.40. The quantitative estimate of drug-likeness (QED) is 0.324. The molecule has 1 saturated heterocycles. The van der Waals surface area contributed by atoms with Crippen molar-refractivity contribution in [3.05, 3.63) is 90.6 Å². The maximum atomic E-state index is 6.23. The van der Waals surface area contributed by atoms with Gasteiger partial charge in [0.15, 0.2) is 0 Å². The summed E-state index contributed by atoms with van der Waals surface area (Å²) in [6, 6.07) is 16.3. The second-order valence-electron chi connectivity index (χ2n) is 8.95. The molecule has 0 atom stereocenters. The predicted octanol–water partition coefficient (Wildman–Crippen LogP) is 4.57. The molecule has 2 N–H and O–H groups in total. The van der Waals surface area contributed by atoms with Gasteiger partial charge in [0.05, 0.1) is 24.9 Å². The Labute approximate surface area is 214 Å². The molecular formula is C28H27N7O2. The molecule has 9 heteroatoms. The highest BCUT2D eigenvalue weighted by Gasteiger charge is 2.13. The Hall–Kier alpha value is -4.34. The van der Waals surface area contributed by atoms with E-state index in [2.05, 4.69) is 48.6 Å². The van der Waals surface area contributed by atoms with E-state index in [0.29, 0.717) is 12.6 Å². The number of nitrogens with zero attached hydrogens (tertiary/aromatic N) is 5. The average Bonchev–Trinajstić information content (AvgIpc) is 3.48. The standard InChI is InChI=1S/C28H27N7O2/c1-3-20(18-35-7-9-36-10-8-35)11-24(5-1)33-28-30-15-22-12-25(23-16-31-32-17-23)27(13-26(22)34-28)37-19-21-4-2-6-29-14-21/h1-6,11-17H,7-10,18-19H2,(H,31,32)(H,30,33,34). The maximum absolute atomic E-state index is 6.23. The lowest BCUT2D eigenvalue weighted by atomic mass is 10.1. The zero-order valence-corrected chi connectivity index (χ0v) is 20.3. The predicted molar refractivity (Wildman–Crippen MR) is 142 cm³/mol. The largest absolute Gasteiger partial charge is 0.488 e. The second kappa shape index (κ2) is 10.7. The van der Waals surface area contributed by atoms with E-state index in [0.717, 1.165) is 71.9 Å². The van der Waals surface area contributed by atoms with Gasteiger partial charge in [-0.2, -0.15) is 5.10 Å². The molecular weight excluding hydrogens is 466 g/mol. The second-order valence-corrected chi connectivity index (χ2v) is 8.95.